The average Bonchev–Trinajstić information content (AvgIpc) is 2.96. The summed E-state index contributed by atoms with van der Waals surface area (Å²) in [4.78, 5) is 57.6. The lowest BCUT2D eigenvalue weighted by Crippen LogP contribution is -2.42. The normalized spacial score (nSPS) is 14.9. The summed E-state index contributed by atoms with van der Waals surface area (Å²) in [5.74, 6) is -1.76. The number of phenolic OH excluding ortho intramolecular Hbond substituents is 2. The smallest absolute Gasteiger partial charge is 0.261 e. The topological polar surface area (TPSA) is 115 Å². The zero-order valence-electron chi connectivity index (χ0n) is 26.9. The van der Waals surface area contributed by atoms with Gasteiger partial charge in [0.25, 0.3) is 23.6 Å². The van der Waals surface area contributed by atoms with Crippen molar-refractivity contribution in [2.24, 2.45) is 0 Å². The number of aromatic hydroxyl groups is 2. The van der Waals surface area contributed by atoms with Gasteiger partial charge in [-0.1, -0.05) is 12.1 Å². The van der Waals surface area contributed by atoms with Gasteiger partial charge in [-0.2, -0.15) is 0 Å². The predicted octanol–water partition coefficient (Wildman–Crippen LogP) is 4.26. The van der Waals surface area contributed by atoms with Crippen LogP contribution >= 0.6 is 0 Å². The Bertz CT molecular complexity index is 1770. The van der Waals surface area contributed by atoms with Crippen molar-refractivity contribution in [3.05, 3.63) is 105 Å². The van der Waals surface area contributed by atoms with E-state index in [1.807, 2.05) is 42.3 Å². The van der Waals surface area contributed by atoms with Crippen LogP contribution in [0.25, 0.3) is 10.8 Å². The second kappa shape index (κ2) is 10.8. The lowest BCUT2D eigenvalue weighted by atomic mass is 9.85. The van der Waals surface area contributed by atoms with E-state index in [9.17, 15) is 29.4 Å². The molecule has 46 heavy (non-hydrogen) atoms. The Balaban J connectivity index is 1.33. The molecular weight excluding hydrogens is 584 g/mol. The lowest BCUT2D eigenvalue weighted by Gasteiger charge is -2.32. The van der Waals surface area contributed by atoms with Gasteiger partial charge in [0, 0.05) is 44.2 Å². The predicted molar refractivity (Wildman–Crippen MR) is 172 cm³/mol. The molecule has 4 aromatic rings. The highest BCUT2D eigenvalue weighted by Crippen LogP contribution is 2.39. The highest BCUT2D eigenvalue weighted by atomic mass is 16.3. The highest BCUT2D eigenvalue weighted by molar-refractivity contribution is 6.33. The number of nitrogens with zero attached hydrogens (tertiary/aromatic N) is 4. The molecule has 0 unspecified atom stereocenters. The van der Waals surface area contributed by atoms with Crippen LogP contribution in [0.3, 0.4) is 0 Å². The monoisotopic (exact) mass is 622 g/mol. The molecule has 0 spiro atoms. The highest BCUT2D eigenvalue weighted by Gasteiger charge is 2.39. The number of amides is 4. The Morgan fingerprint density at radius 3 is 1.09 bits per heavy atom. The number of imide groups is 2. The van der Waals surface area contributed by atoms with Crippen LogP contribution in [-0.2, 0) is 26.2 Å². The molecule has 2 N–H and O–H groups in total. The minimum Gasteiger partial charge on any atom is -0.507 e. The Kier molecular flexibility index (Phi) is 7.25. The first kappa shape index (κ1) is 30.9. The molecule has 10 nitrogen and oxygen atoms in total. The Morgan fingerprint density at radius 2 is 0.804 bits per heavy atom. The number of carbonyl (C=O) groups excluding carboxylic acids is 4. The van der Waals surface area contributed by atoms with Crippen LogP contribution in [0.2, 0.25) is 0 Å². The molecule has 0 radical (unpaired) electrons. The molecule has 0 atom stereocenters. The van der Waals surface area contributed by atoms with Gasteiger partial charge in [0.05, 0.1) is 55.4 Å². The van der Waals surface area contributed by atoms with E-state index < -0.39 is 23.6 Å². The van der Waals surface area contributed by atoms with Crippen molar-refractivity contribution in [1.82, 2.24) is 9.80 Å². The van der Waals surface area contributed by atoms with Crippen molar-refractivity contribution in [1.29, 1.82) is 0 Å². The van der Waals surface area contributed by atoms with Crippen molar-refractivity contribution in [3.8, 4) is 11.5 Å². The molecule has 0 aliphatic carbocycles. The quantitative estimate of drug-likeness (QED) is 0.224. The molecule has 4 aromatic carbocycles. The molecule has 0 saturated carbocycles. The van der Waals surface area contributed by atoms with Gasteiger partial charge in [-0.05, 0) is 59.7 Å². The molecule has 0 bridgehead atoms. The summed E-state index contributed by atoms with van der Waals surface area (Å²) in [6.45, 7) is 1.11. The van der Waals surface area contributed by atoms with Gasteiger partial charge in [-0.15, -0.1) is 0 Å². The number of carbonyl (C=O) groups is 4. The number of hydrogen-bond donors (Lipinski definition) is 2. The summed E-state index contributed by atoms with van der Waals surface area (Å²) < 4.78 is 1.17. The second-order valence-corrected chi connectivity index (χ2v) is 14.3. The number of rotatable bonds is 8. The fraction of sp³-hybridized carbons (Fsp3) is 0.278. The molecule has 0 aromatic heterocycles. The van der Waals surface area contributed by atoms with Gasteiger partial charge in [0.1, 0.15) is 24.6 Å². The molecule has 2 aliphatic heterocycles. The van der Waals surface area contributed by atoms with Gasteiger partial charge in [0.2, 0.25) is 0 Å². The van der Waals surface area contributed by atoms with Crippen LogP contribution < -0.4 is 0 Å². The van der Waals surface area contributed by atoms with Crippen LogP contribution in [0.1, 0.15) is 63.7 Å². The Morgan fingerprint density at radius 1 is 0.500 bits per heavy atom. The van der Waals surface area contributed by atoms with Crippen LogP contribution in [-0.4, -0.2) is 94.9 Å². The van der Waals surface area contributed by atoms with Crippen molar-refractivity contribution < 1.29 is 38.4 Å². The number of hydrogen-bond acceptors (Lipinski definition) is 6. The molecule has 236 valence electrons. The summed E-state index contributed by atoms with van der Waals surface area (Å²) in [5.41, 5.74) is 3.79. The Labute approximate surface area is 267 Å². The zero-order chi connectivity index (χ0) is 33.3. The summed E-state index contributed by atoms with van der Waals surface area (Å²) in [6, 6.07) is 16.4. The molecule has 2 heterocycles. The third-order valence-corrected chi connectivity index (χ3v) is 8.32. The standard InChI is InChI=1S/C36H36N4O6/c1-39(2,3)19-23-15-21(7-13-29(23)41)17-37-33(43)25-9-11-27-32-28(12-10-26(31(25)32)34(37)44)36(46)38(35(27)45)18-22-8-14-30(42)24(16-22)20-40(4,5)6/h7-16H,17-20H2,1-6H3/p+2. The number of benzene rings is 4. The van der Waals surface area contributed by atoms with Gasteiger partial charge in [0.15, 0.2) is 0 Å². The molecule has 4 amide bonds. The first-order valence-corrected chi connectivity index (χ1v) is 15.1. The fourth-order valence-electron chi connectivity index (χ4n) is 6.38. The lowest BCUT2D eigenvalue weighted by molar-refractivity contribution is -0.884. The minimum atomic E-state index is -0.515. The van der Waals surface area contributed by atoms with Crippen molar-refractivity contribution in [2.45, 2.75) is 26.2 Å². The molecule has 0 fully saturated rings. The summed E-state index contributed by atoms with van der Waals surface area (Å²) in [5, 5.41) is 21.4. The van der Waals surface area contributed by atoms with E-state index in [1.54, 1.807) is 60.7 Å². The zero-order valence-corrected chi connectivity index (χ0v) is 26.9. The molecule has 10 heteroatoms. The van der Waals surface area contributed by atoms with E-state index >= 15 is 0 Å². The first-order chi connectivity index (χ1) is 21.5. The largest absolute Gasteiger partial charge is 0.507 e. The van der Waals surface area contributed by atoms with Gasteiger partial charge in [-0.25, -0.2) is 0 Å². The van der Waals surface area contributed by atoms with E-state index in [2.05, 4.69) is 0 Å². The molecule has 2 aliphatic rings. The van der Waals surface area contributed by atoms with E-state index in [1.165, 1.54) is 9.80 Å². The fourth-order valence-corrected chi connectivity index (χ4v) is 6.38. The maximum Gasteiger partial charge on any atom is 0.261 e. The third-order valence-electron chi connectivity index (χ3n) is 8.32. The van der Waals surface area contributed by atoms with Crippen molar-refractivity contribution in [3.63, 3.8) is 0 Å². The van der Waals surface area contributed by atoms with Crippen molar-refractivity contribution in [2.75, 3.05) is 42.3 Å². The average molecular weight is 623 g/mol. The van der Waals surface area contributed by atoms with Crippen LogP contribution in [0, 0.1) is 0 Å². The second-order valence-electron chi connectivity index (χ2n) is 14.3. The van der Waals surface area contributed by atoms with Crippen LogP contribution in [0.4, 0.5) is 0 Å². The summed E-state index contributed by atoms with van der Waals surface area (Å²) in [7, 11) is 12.0. The third kappa shape index (κ3) is 5.50. The van der Waals surface area contributed by atoms with Crippen LogP contribution in [0.15, 0.2) is 60.7 Å². The molecule has 6 rings (SSSR count). The van der Waals surface area contributed by atoms with E-state index in [4.69, 9.17) is 0 Å². The summed E-state index contributed by atoms with van der Waals surface area (Å²) in [6.07, 6.45) is 0. The van der Waals surface area contributed by atoms with Crippen molar-refractivity contribution >= 4 is 34.4 Å². The number of quaternary nitrogens is 2. The van der Waals surface area contributed by atoms with Gasteiger partial charge < -0.3 is 19.2 Å². The summed E-state index contributed by atoms with van der Waals surface area (Å²) >= 11 is 0. The molecule has 0 saturated heterocycles. The Hall–Kier alpha value is -5.06. The van der Waals surface area contributed by atoms with Gasteiger partial charge in [-0.3, -0.25) is 29.0 Å². The van der Waals surface area contributed by atoms with E-state index in [0.29, 0.717) is 55.1 Å². The molecular formula is C36H38N4O6+2. The SMILES string of the molecule is C[N+](C)(C)Cc1cc(CN2C(=O)c3ccc4c5c(ccc(c35)C2=O)C(=O)N(Cc2ccc(O)c(C[N+](C)(C)C)c2)C4=O)ccc1O. The van der Waals surface area contributed by atoms with Crippen LogP contribution in [0.5, 0.6) is 11.5 Å². The van der Waals surface area contributed by atoms with Gasteiger partial charge >= 0.3 is 0 Å². The van der Waals surface area contributed by atoms with E-state index in [0.717, 1.165) is 0 Å². The van der Waals surface area contributed by atoms with E-state index in [-0.39, 0.29) is 46.8 Å². The number of phenols is 2. The minimum absolute atomic E-state index is 0.000869. The maximum atomic E-state index is 13.8. The first-order valence-electron chi connectivity index (χ1n) is 15.1. The maximum absolute atomic E-state index is 13.8.